The molecule has 0 aliphatic carbocycles. The molecule has 0 atom stereocenters. The molecule has 3 heterocycles. The van der Waals surface area contributed by atoms with Gasteiger partial charge in [-0.3, -0.25) is 14.8 Å². The maximum atomic E-state index is 12.2. The Morgan fingerprint density at radius 2 is 1.45 bits per heavy atom. The van der Waals surface area contributed by atoms with Crippen LogP contribution in [0.4, 0.5) is 0 Å². The second-order valence-corrected chi connectivity index (χ2v) is 16.4. The first-order chi connectivity index (χ1) is 23.6. The summed E-state index contributed by atoms with van der Waals surface area (Å²) in [6, 6.07) is 18.4. The molecule has 0 amide bonds. The normalized spacial score (nSPS) is 12.5. The fourth-order valence-electron chi connectivity index (χ4n) is 6.03. The molecule has 0 saturated heterocycles. The summed E-state index contributed by atoms with van der Waals surface area (Å²) in [6.45, 7) is 23.3. The molecule has 275 valence electrons. The number of allylic oxidation sites excluding steroid dienone is 2. The Morgan fingerprint density at radius 3 is 2.06 bits per heavy atom. The number of aliphatic hydroxyl groups is 1. The fourth-order valence-corrected chi connectivity index (χ4v) is 7.01. The smallest absolute Gasteiger partial charge is 0.164 e. The Morgan fingerprint density at radius 1 is 0.843 bits per heavy atom. The minimum Gasteiger partial charge on any atom is -0.512 e. The molecule has 51 heavy (non-hydrogen) atoms. The van der Waals surface area contributed by atoms with E-state index in [4.69, 9.17) is 4.98 Å². The Kier molecular flexibility index (Phi) is 14.5. The van der Waals surface area contributed by atoms with Crippen LogP contribution < -0.4 is 0 Å². The van der Waals surface area contributed by atoms with Crippen molar-refractivity contribution >= 4 is 38.0 Å². The summed E-state index contributed by atoms with van der Waals surface area (Å²) in [6.07, 6.45) is 9.46. The zero-order valence-corrected chi connectivity index (χ0v) is 35.6. The molecule has 5 nitrogen and oxygen atoms in total. The van der Waals surface area contributed by atoms with Crippen molar-refractivity contribution in [3.63, 3.8) is 0 Å². The molecule has 2 aromatic carbocycles. The molecule has 0 fully saturated rings. The van der Waals surface area contributed by atoms with Crippen LogP contribution in [0.1, 0.15) is 113 Å². The maximum Gasteiger partial charge on any atom is 0.164 e. The van der Waals surface area contributed by atoms with Gasteiger partial charge in [-0.1, -0.05) is 105 Å². The third-order valence-electron chi connectivity index (χ3n) is 10.6. The van der Waals surface area contributed by atoms with Gasteiger partial charge in [0.2, 0.25) is 0 Å². The van der Waals surface area contributed by atoms with Gasteiger partial charge in [-0.2, -0.15) is 0 Å². The van der Waals surface area contributed by atoms with Gasteiger partial charge in [0.15, 0.2) is 5.78 Å². The van der Waals surface area contributed by atoms with Crippen LogP contribution in [-0.4, -0.2) is 25.8 Å². The van der Waals surface area contributed by atoms with E-state index in [1.54, 1.807) is 17.7 Å². The summed E-state index contributed by atoms with van der Waals surface area (Å²) < 4.78 is 1.25. The maximum absolute atomic E-state index is 12.2. The van der Waals surface area contributed by atoms with Crippen molar-refractivity contribution in [2.24, 2.45) is 16.7 Å². The predicted octanol–water partition coefficient (Wildman–Crippen LogP) is 12.5. The van der Waals surface area contributed by atoms with Crippen LogP contribution >= 0.6 is 11.3 Å². The number of benzene rings is 2. The van der Waals surface area contributed by atoms with Crippen molar-refractivity contribution in [3.05, 3.63) is 89.4 Å². The second-order valence-electron chi connectivity index (χ2n) is 15.5. The molecule has 0 spiro atoms. The number of thiophene rings is 1. The molecule has 0 unspecified atom stereocenters. The number of pyridine rings is 1. The third-order valence-corrected chi connectivity index (χ3v) is 11.6. The van der Waals surface area contributed by atoms with Crippen molar-refractivity contribution in [1.82, 2.24) is 15.0 Å². The van der Waals surface area contributed by atoms with E-state index < -0.39 is 0 Å². The number of carbonyl (C=O) groups is 1. The molecule has 0 aliphatic rings. The first-order valence-corrected chi connectivity index (χ1v) is 19.1. The molecule has 1 radical (unpaired) electrons. The van der Waals surface area contributed by atoms with Crippen molar-refractivity contribution in [3.8, 4) is 22.6 Å². The minimum absolute atomic E-state index is 0. The van der Waals surface area contributed by atoms with Gasteiger partial charge in [0.25, 0.3) is 0 Å². The van der Waals surface area contributed by atoms with E-state index in [0.717, 1.165) is 60.1 Å². The molecule has 5 aromatic rings. The predicted molar refractivity (Wildman–Crippen MR) is 213 cm³/mol. The molecular weight excluding hydrogens is 827 g/mol. The number of rotatable bonds is 11. The van der Waals surface area contributed by atoms with Crippen molar-refractivity contribution < 1.29 is 30.0 Å². The summed E-state index contributed by atoms with van der Waals surface area (Å²) in [4.78, 5) is 26.1. The third kappa shape index (κ3) is 9.80. The van der Waals surface area contributed by atoms with Gasteiger partial charge >= 0.3 is 0 Å². The summed E-state index contributed by atoms with van der Waals surface area (Å²) in [5, 5.41) is 16.0. The number of hydrogen-bond donors (Lipinski definition) is 1. The first kappa shape index (κ1) is 42.2. The largest absolute Gasteiger partial charge is 0.512 e. The summed E-state index contributed by atoms with van der Waals surface area (Å²) in [5.41, 5.74) is 5.65. The molecule has 0 aliphatic heterocycles. The molecular formula is C44H56IrN3O2S-. The number of fused-ring (bicyclic) bond motifs is 2. The van der Waals surface area contributed by atoms with E-state index in [1.165, 1.54) is 32.7 Å². The van der Waals surface area contributed by atoms with Gasteiger partial charge in [0.05, 0.1) is 11.4 Å². The number of carbonyl (C=O) groups excluding carboxylic acids is 1. The molecule has 0 bridgehead atoms. The van der Waals surface area contributed by atoms with Crippen LogP contribution in [0.15, 0.2) is 72.2 Å². The van der Waals surface area contributed by atoms with E-state index >= 15 is 0 Å². The van der Waals surface area contributed by atoms with Gasteiger partial charge in [-0.15, -0.1) is 40.5 Å². The zero-order valence-electron chi connectivity index (χ0n) is 32.4. The number of ketones is 1. The van der Waals surface area contributed by atoms with E-state index in [-0.39, 0.29) is 47.9 Å². The topological polar surface area (TPSA) is 76.0 Å². The van der Waals surface area contributed by atoms with E-state index in [0.29, 0.717) is 5.92 Å². The van der Waals surface area contributed by atoms with Gasteiger partial charge in [0.1, 0.15) is 12.1 Å². The van der Waals surface area contributed by atoms with Crippen LogP contribution in [0.3, 0.4) is 0 Å². The van der Waals surface area contributed by atoms with E-state index in [2.05, 4.69) is 92.4 Å². The van der Waals surface area contributed by atoms with Crippen LogP contribution in [0.5, 0.6) is 0 Å². The first-order valence-electron chi connectivity index (χ1n) is 18.2. The Balaban J connectivity index is 0.000000335. The Labute approximate surface area is 323 Å². The summed E-state index contributed by atoms with van der Waals surface area (Å²) in [5.74, 6) is 0.914. The van der Waals surface area contributed by atoms with Crippen molar-refractivity contribution in [2.75, 3.05) is 0 Å². The molecule has 7 heteroatoms. The molecule has 0 saturated carbocycles. The van der Waals surface area contributed by atoms with Crippen LogP contribution in [0.2, 0.25) is 0 Å². The van der Waals surface area contributed by atoms with Gasteiger partial charge in [0, 0.05) is 59.0 Å². The van der Waals surface area contributed by atoms with Gasteiger partial charge in [-0.25, -0.2) is 4.98 Å². The second kappa shape index (κ2) is 17.5. The quantitative estimate of drug-likeness (QED) is 0.0812. The molecule has 3 aromatic heterocycles. The summed E-state index contributed by atoms with van der Waals surface area (Å²) >= 11 is 1.78. The Bertz CT molecular complexity index is 1960. The van der Waals surface area contributed by atoms with Crippen molar-refractivity contribution in [2.45, 2.75) is 114 Å². The van der Waals surface area contributed by atoms with Crippen LogP contribution in [0.25, 0.3) is 43.5 Å². The SMILES string of the molecule is CC(C)Cc1csc2cc(-c3cc(-c4[c-]c5ccccc5c(C(C)(C)C)c4)ncn3)ncc12.CCC(C)(CC)C(=O)/C=C(\O)C(C)(CC)CC.[Ir]. The minimum atomic E-state index is -0.337. The molecule has 1 N–H and O–H groups in total. The van der Waals surface area contributed by atoms with E-state index in [1.807, 2.05) is 53.8 Å². The number of aromatic nitrogens is 3. The number of hydrogen-bond acceptors (Lipinski definition) is 6. The van der Waals surface area contributed by atoms with Crippen LogP contribution in [-0.2, 0) is 36.7 Å². The van der Waals surface area contributed by atoms with Gasteiger partial charge in [-0.05, 0) is 66.5 Å². The fraction of sp³-hybridized carbons (Fsp3) is 0.455. The Hall–Kier alpha value is -3.25. The number of nitrogens with zero attached hydrogens (tertiary/aromatic N) is 3. The van der Waals surface area contributed by atoms with Crippen LogP contribution in [0, 0.1) is 22.8 Å². The van der Waals surface area contributed by atoms with Gasteiger partial charge < -0.3 is 5.11 Å². The van der Waals surface area contributed by atoms with Crippen molar-refractivity contribution in [1.29, 1.82) is 0 Å². The summed E-state index contributed by atoms with van der Waals surface area (Å²) in [7, 11) is 0. The number of aliphatic hydroxyl groups excluding tert-OH is 1. The average Bonchev–Trinajstić information content (AvgIpc) is 3.51. The average molecular weight is 883 g/mol. The molecule has 5 rings (SSSR count). The monoisotopic (exact) mass is 883 g/mol. The van der Waals surface area contributed by atoms with E-state index in [9.17, 15) is 9.90 Å². The standard InChI is InChI=1S/C29H28N3S.C15H28O2.Ir/c1-18(2)10-21-16-33-28-14-27(30-15-23(21)28)26-13-25(31-17-32-26)20-11-19-8-6-7-9-22(19)24(12-20)29(3,4)5;1-7-14(5,8-2)12(16)11-13(17)15(6,9-3)10-4;/h6-9,12-18H,10H2,1-5H3;11,16H,7-10H2,1-6H3;/q-1;;/b;12-11-;. The zero-order chi connectivity index (χ0) is 36.9.